The third kappa shape index (κ3) is 4.40. The van der Waals surface area contributed by atoms with Crippen molar-refractivity contribution >= 4 is 0 Å². The van der Waals surface area contributed by atoms with Gasteiger partial charge in [-0.1, -0.05) is 6.92 Å². The van der Waals surface area contributed by atoms with Crippen molar-refractivity contribution in [3.8, 4) is 0 Å². The predicted octanol–water partition coefficient (Wildman–Crippen LogP) is 1.08. The van der Waals surface area contributed by atoms with Gasteiger partial charge in [0.15, 0.2) is 0 Å². The molecule has 0 radical (unpaired) electrons. The molecule has 0 unspecified atom stereocenters. The topological polar surface area (TPSA) is 38.5 Å². The van der Waals surface area contributed by atoms with Crippen LogP contribution in [0.25, 0.3) is 0 Å². The van der Waals surface area contributed by atoms with Gasteiger partial charge in [-0.25, -0.2) is 0 Å². The third-order valence-corrected chi connectivity index (χ3v) is 2.81. The molecule has 3 heteroatoms. The van der Waals surface area contributed by atoms with E-state index < -0.39 is 0 Å². The number of nitrogens with two attached hydrogens (primary N) is 1. The van der Waals surface area contributed by atoms with Gasteiger partial charge in [-0.05, 0) is 32.2 Å². The summed E-state index contributed by atoms with van der Waals surface area (Å²) in [6, 6.07) is 0.477. The first-order valence-electron chi connectivity index (χ1n) is 5.74. The molecule has 14 heavy (non-hydrogen) atoms. The number of hydrogen-bond donors (Lipinski definition) is 1. The molecule has 0 heterocycles. The van der Waals surface area contributed by atoms with Crippen LogP contribution in [0.2, 0.25) is 0 Å². The van der Waals surface area contributed by atoms with Gasteiger partial charge in [0.25, 0.3) is 0 Å². The van der Waals surface area contributed by atoms with Crippen LogP contribution in [0, 0.1) is 5.92 Å². The second-order valence-electron chi connectivity index (χ2n) is 4.47. The van der Waals surface area contributed by atoms with E-state index in [1.54, 1.807) is 0 Å². The lowest BCUT2D eigenvalue weighted by Crippen LogP contribution is -2.42. The average molecular weight is 200 g/mol. The number of rotatable bonds is 7. The maximum atomic E-state index is 5.74. The van der Waals surface area contributed by atoms with Crippen molar-refractivity contribution in [2.24, 2.45) is 11.7 Å². The van der Waals surface area contributed by atoms with Crippen LogP contribution in [-0.4, -0.2) is 44.3 Å². The Morgan fingerprint density at radius 2 is 2.07 bits per heavy atom. The summed E-state index contributed by atoms with van der Waals surface area (Å²) in [5.41, 5.74) is 5.74. The number of hydrogen-bond acceptors (Lipinski definition) is 3. The van der Waals surface area contributed by atoms with E-state index in [0.717, 1.165) is 32.1 Å². The SMILES string of the molecule is CCCOCCN(C)CC1CC(N)C1. The van der Waals surface area contributed by atoms with Gasteiger partial charge in [-0.3, -0.25) is 0 Å². The van der Waals surface area contributed by atoms with Crippen LogP contribution in [0.3, 0.4) is 0 Å². The molecule has 1 rings (SSSR count). The van der Waals surface area contributed by atoms with Gasteiger partial charge >= 0.3 is 0 Å². The zero-order valence-corrected chi connectivity index (χ0v) is 9.54. The van der Waals surface area contributed by atoms with Crippen molar-refractivity contribution in [2.45, 2.75) is 32.2 Å². The summed E-state index contributed by atoms with van der Waals surface area (Å²) in [5.74, 6) is 0.834. The smallest absolute Gasteiger partial charge is 0.0593 e. The highest BCUT2D eigenvalue weighted by atomic mass is 16.5. The molecule has 0 aromatic rings. The molecule has 0 aliphatic heterocycles. The molecule has 0 amide bonds. The van der Waals surface area contributed by atoms with Gasteiger partial charge in [0.1, 0.15) is 0 Å². The fourth-order valence-electron chi connectivity index (χ4n) is 1.94. The largest absolute Gasteiger partial charge is 0.380 e. The normalized spacial score (nSPS) is 26.6. The standard InChI is InChI=1S/C11H24N2O/c1-3-5-14-6-4-13(2)9-10-7-11(12)8-10/h10-11H,3-9,12H2,1-2H3. The minimum absolute atomic E-state index is 0.477. The molecule has 0 aromatic heterocycles. The summed E-state index contributed by atoms with van der Waals surface area (Å²) < 4.78 is 5.44. The molecule has 0 aromatic carbocycles. The number of likely N-dealkylation sites (N-methyl/N-ethyl adjacent to an activating group) is 1. The Kier molecular flexibility index (Phi) is 5.45. The van der Waals surface area contributed by atoms with Crippen LogP contribution in [0.15, 0.2) is 0 Å². The highest BCUT2D eigenvalue weighted by Gasteiger charge is 2.26. The number of nitrogens with zero attached hydrogens (tertiary/aromatic N) is 1. The van der Waals surface area contributed by atoms with Crippen molar-refractivity contribution in [1.29, 1.82) is 0 Å². The maximum Gasteiger partial charge on any atom is 0.0593 e. The Hall–Kier alpha value is -0.120. The van der Waals surface area contributed by atoms with Crippen molar-refractivity contribution in [3.63, 3.8) is 0 Å². The molecule has 1 saturated carbocycles. The molecule has 84 valence electrons. The monoisotopic (exact) mass is 200 g/mol. The van der Waals surface area contributed by atoms with E-state index in [9.17, 15) is 0 Å². The van der Waals surface area contributed by atoms with E-state index in [0.29, 0.717) is 6.04 Å². The molecule has 0 spiro atoms. The van der Waals surface area contributed by atoms with Gasteiger partial charge in [0.05, 0.1) is 6.61 Å². The van der Waals surface area contributed by atoms with Gasteiger partial charge in [-0.2, -0.15) is 0 Å². The molecule has 1 aliphatic rings. The van der Waals surface area contributed by atoms with Gasteiger partial charge in [-0.15, -0.1) is 0 Å². The zero-order valence-electron chi connectivity index (χ0n) is 9.54. The third-order valence-electron chi connectivity index (χ3n) is 2.81. The summed E-state index contributed by atoms with van der Waals surface area (Å²) in [4.78, 5) is 2.35. The van der Waals surface area contributed by atoms with E-state index in [-0.39, 0.29) is 0 Å². The summed E-state index contributed by atoms with van der Waals surface area (Å²) in [6.07, 6.45) is 3.53. The van der Waals surface area contributed by atoms with Crippen molar-refractivity contribution < 1.29 is 4.74 Å². The molecule has 0 saturated heterocycles. The van der Waals surface area contributed by atoms with Crippen LogP contribution in [0.5, 0.6) is 0 Å². The van der Waals surface area contributed by atoms with Crippen molar-refractivity contribution in [3.05, 3.63) is 0 Å². The molecule has 1 fully saturated rings. The second-order valence-corrected chi connectivity index (χ2v) is 4.47. The lowest BCUT2D eigenvalue weighted by atomic mass is 9.81. The van der Waals surface area contributed by atoms with E-state index in [1.165, 1.54) is 19.4 Å². The van der Waals surface area contributed by atoms with Gasteiger partial charge < -0.3 is 15.4 Å². The minimum Gasteiger partial charge on any atom is -0.380 e. The molecule has 1 aliphatic carbocycles. The van der Waals surface area contributed by atoms with Crippen molar-refractivity contribution in [2.75, 3.05) is 33.4 Å². The fourth-order valence-corrected chi connectivity index (χ4v) is 1.94. The van der Waals surface area contributed by atoms with Gasteiger partial charge in [0.2, 0.25) is 0 Å². The molecule has 3 nitrogen and oxygen atoms in total. The van der Waals surface area contributed by atoms with Gasteiger partial charge in [0, 0.05) is 25.7 Å². The zero-order chi connectivity index (χ0) is 10.4. The molecule has 0 bridgehead atoms. The first-order valence-corrected chi connectivity index (χ1v) is 5.74. The summed E-state index contributed by atoms with van der Waals surface area (Å²) in [5, 5.41) is 0. The minimum atomic E-state index is 0.477. The van der Waals surface area contributed by atoms with Crippen molar-refractivity contribution in [1.82, 2.24) is 4.90 Å². The van der Waals surface area contributed by atoms with E-state index >= 15 is 0 Å². The predicted molar refractivity (Wildman–Crippen MR) is 59.3 cm³/mol. The summed E-state index contributed by atoms with van der Waals surface area (Å²) in [6.45, 7) is 6.12. The Morgan fingerprint density at radius 1 is 1.36 bits per heavy atom. The first kappa shape index (κ1) is 12.0. The quantitative estimate of drug-likeness (QED) is 0.625. The van der Waals surface area contributed by atoms with Crippen LogP contribution >= 0.6 is 0 Å². The van der Waals surface area contributed by atoms with Crippen LogP contribution < -0.4 is 5.73 Å². The Labute approximate surface area is 87.6 Å². The Balaban J connectivity index is 1.91. The highest BCUT2D eigenvalue weighted by Crippen LogP contribution is 2.25. The number of ether oxygens (including phenoxy) is 1. The maximum absolute atomic E-state index is 5.74. The Bertz CT molecular complexity index is 146. The molecular formula is C11H24N2O. The van der Waals surface area contributed by atoms with E-state index in [2.05, 4.69) is 18.9 Å². The Morgan fingerprint density at radius 3 is 2.64 bits per heavy atom. The lowest BCUT2D eigenvalue weighted by molar-refractivity contribution is 0.0977. The van der Waals surface area contributed by atoms with Crippen LogP contribution in [0.4, 0.5) is 0 Å². The summed E-state index contributed by atoms with van der Waals surface area (Å²) in [7, 11) is 2.17. The fraction of sp³-hybridized carbons (Fsp3) is 1.00. The molecular weight excluding hydrogens is 176 g/mol. The second kappa shape index (κ2) is 6.38. The first-order chi connectivity index (χ1) is 6.72. The van der Waals surface area contributed by atoms with E-state index in [1.807, 2.05) is 0 Å². The lowest BCUT2D eigenvalue weighted by Gasteiger charge is -2.35. The van der Waals surface area contributed by atoms with E-state index in [4.69, 9.17) is 10.5 Å². The highest BCUT2D eigenvalue weighted by molar-refractivity contribution is 4.83. The molecule has 0 atom stereocenters. The van der Waals surface area contributed by atoms with Crippen LogP contribution in [-0.2, 0) is 4.74 Å². The molecule has 2 N–H and O–H groups in total. The summed E-state index contributed by atoms with van der Waals surface area (Å²) >= 11 is 0. The van der Waals surface area contributed by atoms with Crippen LogP contribution in [0.1, 0.15) is 26.2 Å². The average Bonchev–Trinajstić information content (AvgIpc) is 2.10.